The molecule has 162 valence electrons. The van der Waals surface area contributed by atoms with Gasteiger partial charge in [-0.1, -0.05) is 38.2 Å². The molecule has 1 aliphatic carbocycles. The standard InChI is InChI=1S/C22H29N3O5/c26-20(23-16-6-4-2-1-3-5-7-16)11-9-17-21(27)25(22(28)24-17)13-15-8-10-18-19(12-15)30-14-29-18/h8,10,12,16-17H,1-7,9,11,13-14H2,(H,23,26)(H,24,28)/t17-/m0/s1. The summed E-state index contributed by atoms with van der Waals surface area (Å²) in [7, 11) is 0. The van der Waals surface area contributed by atoms with Crippen molar-refractivity contribution < 1.29 is 23.9 Å². The first-order valence-electron chi connectivity index (χ1n) is 10.9. The summed E-state index contributed by atoms with van der Waals surface area (Å²) in [4.78, 5) is 38.5. The average molecular weight is 415 g/mol. The van der Waals surface area contributed by atoms with E-state index in [9.17, 15) is 14.4 Å². The molecule has 8 heteroatoms. The van der Waals surface area contributed by atoms with Gasteiger partial charge in [0.15, 0.2) is 11.5 Å². The van der Waals surface area contributed by atoms with Gasteiger partial charge in [0.2, 0.25) is 12.7 Å². The Labute approximate surface area is 176 Å². The lowest BCUT2D eigenvalue weighted by atomic mass is 9.96. The van der Waals surface area contributed by atoms with E-state index in [1.165, 1.54) is 24.2 Å². The molecule has 1 aromatic carbocycles. The van der Waals surface area contributed by atoms with Crippen LogP contribution in [-0.2, 0) is 16.1 Å². The van der Waals surface area contributed by atoms with Gasteiger partial charge in [0.25, 0.3) is 5.91 Å². The number of urea groups is 1. The van der Waals surface area contributed by atoms with Gasteiger partial charge in [0.1, 0.15) is 6.04 Å². The summed E-state index contributed by atoms with van der Waals surface area (Å²) in [5, 5.41) is 5.81. The van der Waals surface area contributed by atoms with Gasteiger partial charge in [-0.3, -0.25) is 14.5 Å². The Morgan fingerprint density at radius 2 is 1.80 bits per heavy atom. The maximum Gasteiger partial charge on any atom is 0.325 e. The first kappa shape index (κ1) is 20.5. The molecular weight excluding hydrogens is 386 g/mol. The molecular formula is C22H29N3O5. The Balaban J connectivity index is 1.26. The third-order valence-corrected chi connectivity index (χ3v) is 6.02. The van der Waals surface area contributed by atoms with Gasteiger partial charge >= 0.3 is 6.03 Å². The quantitative estimate of drug-likeness (QED) is 0.697. The molecule has 0 spiro atoms. The minimum absolute atomic E-state index is 0.0446. The summed E-state index contributed by atoms with van der Waals surface area (Å²) >= 11 is 0. The molecule has 2 heterocycles. The SMILES string of the molecule is O=C(CC[C@@H]1NC(=O)N(Cc2ccc3c(c2)OCO3)C1=O)NC1CCCCCCC1. The van der Waals surface area contributed by atoms with Crippen molar-refractivity contribution in [1.29, 1.82) is 0 Å². The summed E-state index contributed by atoms with van der Waals surface area (Å²) in [5.74, 6) is 0.930. The fourth-order valence-corrected chi connectivity index (χ4v) is 4.32. The monoisotopic (exact) mass is 415 g/mol. The van der Waals surface area contributed by atoms with Crippen LogP contribution in [-0.4, -0.2) is 41.6 Å². The number of ether oxygens (including phenoxy) is 2. The van der Waals surface area contributed by atoms with Gasteiger partial charge < -0.3 is 20.1 Å². The topological polar surface area (TPSA) is 97.0 Å². The number of carbonyl (C=O) groups is 3. The zero-order valence-electron chi connectivity index (χ0n) is 17.2. The fraction of sp³-hybridized carbons (Fsp3) is 0.591. The molecule has 0 aromatic heterocycles. The zero-order valence-corrected chi connectivity index (χ0v) is 17.2. The fourth-order valence-electron chi connectivity index (χ4n) is 4.32. The van der Waals surface area contributed by atoms with E-state index in [1.807, 2.05) is 6.07 Å². The van der Waals surface area contributed by atoms with E-state index in [1.54, 1.807) is 12.1 Å². The van der Waals surface area contributed by atoms with Crippen LogP contribution in [0.4, 0.5) is 4.79 Å². The number of fused-ring (bicyclic) bond motifs is 1. The number of amides is 4. The lowest BCUT2D eigenvalue weighted by Crippen LogP contribution is -2.37. The van der Waals surface area contributed by atoms with E-state index in [2.05, 4.69) is 10.6 Å². The number of benzene rings is 1. The van der Waals surface area contributed by atoms with Gasteiger partial charge in [0, 0.05) is 12.5 Å². The van der Waals surface area contributed by atoms with E-state index in [4.69, 9.17) is 9.47 Å². The van der Waals surface area contributed by atoms with Gasteiger partial charge in [-0.15, -0.1) is 0 Å². The number of hydrogen-bond donors (Lipinski definition) is 2. The van der Waals surface area contributed by atoms with E-state index in [-0.39, 0.29) is 37.6 Å². The lowest BCUT2D eigenvalue weighted by Gasteiger charge is -2.21. The molecule has 2 N–H and O–H groups in total. The Bertz CT molecular complexity index is 804. The van der Waals surface area contributed by atoms with Crippen molar-refractivity contribution in [1.82, 2.24) is 15.5 Å². The number of carbonyl (C=O) groups excluding carboxylic acids is 3. The van der Waals surface area contributed by atoms with Crippen molar-refractivity contribution in [3.05, 3.63) is 23.8 Å². The largest absolute Gasteiger partial charge is 0.454 e. The minimum Gasteiger partial charge on any atom is -0.454 e. The number of imide groups is 1. The highest BCUT2D eigenvalue weighted by atomic mass is 16.7. The van der Waals surface area contributed by atoms with E-state index in [0.717, 1.165) is 31.2 Å². The van der Waals surface area contributed by atoms with Crippen molar-refractivity contribution in [2.45, 2.75) is 76.4 Å². The second-order valence-corrected chi connectivity index (χ2v) is 8.26. The molecule has 0 radical (unpaired) electrons. The molecule has 1 saturated carbocycles. The molecule has 2 aliphatic heterocycles. The van der Waals surface area contributed by atoms with Crippen LogP contribution in [0, 0.1) is 0 Å². The van der Waals surface area contributed by atoms with Crippen LogP contribution in [0.25, 0.3) is 0 Å². The number of nitrogens with one attached hydrogen (secondary N) is 2. The zero-order chi connectivity index (χ0) is 20.9. The molecule has 30 heavy (non-hydrogen) atoms. The Morgan fingerprint density at radius 3 is 2.60 bits per heavy atom. The van der Waals surface area contributed by atoms with Crippen molar-refractivity contribution >= 4 is 17.8 Å². The summed E-state index contributed by atoms with van der Waals surface area (Å²) in [6.45, 7) is 0.332. The summed E-state index contributed by atoms with van der Waals surface area (Å²) in [5.41, 5.74) is 0.783. The van der Waals surface area contributed by atoms with Crippen molar-refractivity contribution in [2.24, 2.45) is 0 Å². The molecule has 0 unspecified atom stereocenters. The minimum atomic E-state index is -0.658. The van der Waals surface area contributed by atoms with Crippen LogP contribution in [0.2, 0.25) is 0 Å². The predicted octanol–water partition coefficient (Wildman–Crippen LogP) is 2.85. The van der Waals surface area contributed by atoms with Crippen LogP contribution in [0.15, 0.2) is 18.2 Å². The Kier molecular flexibility index (Phi) is 6.40. The van der Waals surface area contributed by atoms with E-state index >= 15 is 0 Å². The average Bonchev–Trinajstić information content (AvgIpc) is 3.28. The second kappa shape index (κ2) is 9.36. The molecule has 4 amide bonds. The van der Waals surface area contributed by atoms with Crippen LogP contribution in [0.1, 0.15) is 63.4 Å². The highest BCUT2D eigenvalue weighted by Crippen LogP contribution is 2.33. The predicted molar refractivity (Wildman–Crippen MR) is 109 cm³/mol. The van der Waals surface area contributed by atoms with Crippen LogP contribution in [0.3, 0.4) is 0 Å². The summed E-state index contributed by atoms with van der Waals surface area (Å²) < 4.78 is 10.6. The van der Waals surface area contributed by atoms with Gasteiger partial charge in [-0.05, 0) is 37.0 Å². The van der Waals surface area contributed by atoms with E-state index in [0.29, 0.717) is 17.9 Å². The van der Waals surface area contributed by atoms with Gasteiger partial charge in [0.05, 0.1) is 6.54 Å². The van der Waals surface area contributed by atoms with Crippen molar-refractivity contribution in [3.8, 4) is 11.5 Å². The van der Waals surface area contributed by atoms with Gasteiger partial charge in [-0.2, -0.15) is 0 Å². The molecule has 0 bridgehead atoms. The maximum absolute atomic E-state index is 12.7. The number of rotatable bonds is 6. The van der Waals surface area contributed by atoms with Crippen LogP contribution < -0.4 is 20.1 Å². The van der Waals surface area contributed by atoms with Gasteiger partial charge in [-0.25, -0.2) is 4.79 Å². The first-order valence-corrected chi connectivity index (χ1v) is 10.9. The highest BCUT2D eigenvalue weighted by Gasteiger charge is 2.38. The third kappa shape index (κ3) is 4.86. The third-order valence-electron chi connectivity index (χ3n) is 6.02. The lowest BCUT2D eigenvalue weighted by molar-refractivity contribution is -0.128. The smallest absolute Gasteiger partial charge is 0.325 e. The Morgan fingerprint density at radius 1 is 1.07 bits per heavy atom. The molecule has 4 rings (SSSR count). The van der Waals surface area contributed by atoms with E-state index < -0.39 is 12.1 Å². The molecule has 3 aliphatic rings. The summed E-state index contributed by atoms with van der Waals surface area (Å²) in [6, 6.07) is 4.50. The second-order valence-electron chi connectivity index (χ2n) is 8.26. The molecule has 8 nitrogen and oxygen atoms in total. The maximum atomic E-state index is 12.7. The number of nitrogens with zero attached hydrogens (tertiary/aromatic N) is 1. The van der Waals surface area contributed by atoms with Crippen molar-refractivity contribution in [2.75, 3.05) is 6.79 Å². The summed E-state index contributed by atoms with van der Waals surface area (Å²) in [6.07, 6.45) is 8.62. The van der Waals surface area contributed by atoms with Crippen molar-refractivity contribution in [3.63, 3.8) is 0 Å². The Hall–Kier alpha value is -2.77. The normalized spacial score (nSPS) is 21.9. The van der Waals surface area contributed by atoms with Crippen LogP contribution in [0.5, 0.6) is 11.5 Å². The number of hydrogen-bond acceptors (Lipinski definition) is 5. The molecule has 1 aromatic rings. The molecule has 1 saturated heterocycles. The highest BCUT2D eigenvalue weighted by molar-refractivity contribution is 6.04. The van der Waals surface area contributed by atoms with Crippen LogP contribution >= 0.6 is 0 Å². The first-order chi connectivity index (χ1) is 14.6. The molecule has 1 atom stereocenters. The molecule has 2 fully saturated rings.